The first-order chi connectivity index (χ1) is 10.2. The van der Waals surface area contributed by atoms with E-state index in [1.807, 2.05) is 28.8 Å². The molecule has 6 nitrogen and oxygen atoms in total. The van der Waals surface area contributed by atoms with Gasteiger partial charge in [0.15, 0.2) is 5.69 Å². The molecule has 21 heavy (non-hydrogen) atoms. The van der Waals surface area contributed by atoms with Gasteiger partial charge < -0.3 is 18.8 Å². The van der Waals surface area contributed by atoms with E-state index in [0.29, 0.717) is 18.8 Å². The number of rotatable bonds is 3. The van der Waals surface area contributed by atoms with E-state index in [9.17, 15) is 4.79 Å². The van der Waals surface area contributed by atoms with E-state index in [1.165, 1.54) is 7.11 Å². The first-order valence-electron chi connectivity index (χ1n) is 6.60. The largest absolute Gasteiger partial charge is 0.497 e. The van der Waals surface area contributed by atoms with Crippen molar-refractivity contribution in [3.8, 4) is 5.75 Å². The lowest BCUT2D eigenvalue weighted by Crippen LogP contribution is -2.22. The molecule has 1 atom stereocenters. The van der Waals surface area contributed by atoms with Gasteiger partial charge >= 0.3 is 5.97 Å². The van der Waals surface area contributed by atoms with Crippen LogP contribution in [-0.4, -0.2) is 29.7 Å². The molecule has 6 heteroatoms. The maximum absolute atomic E-state index is 11.6. The number of hydrogen-bond acceptors (Lipinski definition) is 5. The zero-order chi connectivity index (χ0) is 14.8. The van der Waals surface area contributed by atoms with Gasteiger partial charge in [-0.1, -0.05) is 12.1 Å². The van der Waals surface area contributed by atoms with Crippen molar-refractivity contribution in [1.29, 1.82) is 0 Å². The van der Waals surface area contributed by atoms with Gasteiger partial charge in [0.25, 0.3) is 0 Å². The van der Waals surface area contributed by atoms with Gasteiger partial charge in [0, 0.05) is 0 Å². The number of esters is 1. The quantitative estimate of drug-likeness (QED) is 0.808. The topological polar surface area (TPSA) is 62.6 Å². The van der Waals surface area contributed by atoms with Crippen molar-refractivity contribution in [3.63, 3.8) is 0 Å². The first-order valence-corrected chi connectivity index (χ1v) is 6.60. The second kappa shape index (κ2) is 5.57. The molecule has 1 aliphatic heterocycles. The van der Waals surface area contributed by atoms with E-state index in [-0.39, 0.29) is 6.10 Å². The predicted octanol–water partition coefficient (Wildman–Crippen LogP) is 1.95. The number of imidazole rings is 1. The van der Waals surface area contributed by atoms with Gasteiger partial charge in [-0.3, -0.25) is 0 Å². The second-order valence-corrected chi connectivity index (χ2v) is 4.76. The molecule has 2 aromatic rings. The van der Waals surface area contributed by atoms with Crippen molar-refractivity contribution in [3.05, 3.63) is 47.5 Å². The summed E-state index contributed by atoms with van der Waals surface area (Å²) in [5.41, 5.74) is 2.15. The third-order valence-corrected chi connectivity index (χ3v) is 3.60. The van der Waals surface area contributed by atoms with Crippen molar-refractivity contribution in [1.82, 2.24) is 9.55 Å². The molecule has 0 amide bonds. The smallest absolute Gasteiger partial charge is 0.358 e. The van der Waals surface area contributed by atoms with Gasteiger partial charge in [-0.05, 0) is 17.7 Å². The molecule has 0 aliphatic carbocycles. The normalized spacial score (nSPS) is 17.1. The molecule has 0 bridgehead atoms. The molecule has 0 fully saturated rings. The van der Waals surface area contributed by atoms with E-state index < -0.39 is 5.97 Å². The molecule has 1 aromatic heterocycles. The predicted molar refractivity (Wildman–Crippen MR) is 74.1 cm³/mol. The summed E-state index contributed by atoms with van der Waals surface area (Å²) in [5.74, 6) is 0.376. The molecular weight excluding hydrogens is 272 g/mol. The van der Waals surface area contributed by atoms with E-state index in [1.54, 1.807) is 13.4 Å². The van der Waals surface area contributed by atoms with E-state index in [2.05, 4.69) is 4.98 Å². The van der Waals surface area contributed by atoms with Crippen molar-refractivity contribution in [2.24, 2.45) is 0 Å². The van der Waals surface area contributed by atoms with Gasteiger partial charge in [-0.25, -0.2) is 9.78 Å². The third kappa shape index (κ3) is 2.50. The SMILES string of the molecule is COC(=O)c1ncn2c1CO[C@@H](c1ccc(OC)cc1)C2. The van der Waals surface area contributed by atoms with Crippen LogP contribution in [0.25, 0.3) is 0 Å². The zero-order valence-corrected chi connectivity index (χ0v) is 11.9. The lowest BCUT2D eigenvalue weighted by Gasteiger charge is -2.25. The second-order valence-electron chi connectivity index (χ2n) is 4.76. The average molecular weight is 288 g/mol. The number of hydrogen-bond donors (Lipinski definition) is 0. The fraction of sp³-hybridized carbons (Fsp3) is 0.333. The lowest BCUT2D eigenvalue weighted by molar-refractivity contribution is 0.00200. The Bertz CT molecular complexity index is 648. The summed E-state index contributed by atoms with van der Waals surface area (Å²) in [6.45, 7) is 0.951. The number of ether oxygens (including phenoxy) is 3. The third-order valence-electron chi connectivity index (χ3n) is 3.60. The summed E-state index contributed by atoms with van der Waals surface area (Å²) < 4.78 is 17.6. The Labute approximate surface area is 122 Å². The summed E-state index contributed by atoms with van der Waals surface area (Å²) in [6, 6.07) is 7.77. The molecule has 1 aromatic carbocycles. The number of fused-ring (bicyclic) bond motifs is 1. The summed E-state index contributed by atoms with van der Waals surface area (Å²) >= 11 is 0. The number of nitrogens with zero attached hydrogens (tertiary/aromatic N) is 2. The number of carbonyl (C=O) groups excluding carboxylic acids is 1. The van der Waals surface area contributed by atoms with Crippen molar-refractivity contribution in [2.75, 3.05) is 14.2 Å². The standard InChI is InChI=1S/C15H16N2O4/c1-19-11-5-3-10(4-6-11)13-7-17-9-16-14(15(18)20-2)12(17)8-21-13/h3-6,9,13H,7-8H2,1-2H3/t13-/m1/s1. The minimum atomic E-state index is -0.435. The summed E-state index contributed by atoms with van der Waals surface area (Å²) in [7, 11) is 2.98. The Hall–Kier alpha value is -2.34. The van der Waals surface area contributed by atoms with Crippen LogP contribution in [-0.2, 0) is 22.6 Å². The highest BCUT2D eigenvalue weighted by atomic mass is 16.5. The minimum Gasteiger partial charge on any atom is -0.497 e. The summed E-state index contributed by atoms with van der Waals surface area (Å²) in [5, 5.41) is 0. The molecule has 0 saturated heterocycles. The monoisotopic (exact) mass is 288 g/mol. The van der Waals surface area contributed by atoms with Crippen molar-refractivity contribution in [2.45, 2.75) is 19.3 Å². The highest BCUT2D eigenvalue weighted by Crippen LogP contribution is 2.28. The number of carbonyl (C=O) groups is 1. The Morgan fingerprint density at radius 1 is 1.33 bits per heavy atom. The van der Waals surface area contributed by atoms with Crippen LogP contribution in [0.1, 0.15) is 27.8 Å². The molecule has 0 unspecified atom stereocenters. The molecular formula is C15H16N2O4. The molecule has 3 rings (SSSR count). The molecule has 0 N–H and O–H groups in total. The van der Waals surface area contributed by atoms with E-state index in [4.69, 9.17) is 14.2 Å². The van der Waals surface area contributed by atoms with Crippen LogP contribution in [0.5, 0.6) is 5.75 Å². The first kappa shape index (κ1) is 13.6. The Morgan fingerprint density at radius 3 is 2.76 bits per heavy atom. The Balaban J connectivity index is 1.81. The Morgan fingerprint density at radius 2 is 2.10 bits per heavy atom. The van der Waals surface area contributed by atoms with Gasteiger partial charge in [0.05, 0.1) is 39.4 Å². The van der Waals surface area contributed by atoms with Gasteiger partial charge in [0.2, 0.25) is 0 Å². The molecule has 2 heterocycles. The summed E-state index contributed by atoms with van der Waals surface area (Å²) in [6.07, 6.45) is 1.59. The fourth-order valence-corrected chi connectivity index (χ4v) is 2.41. The molecule has 110 valence electrons. The van der Waals surface area contributed by atoms with Crippen molar-refractivity contribution >= 4 is 5.97 Å². The number of benzene rings is 1. The highest BCUT2D eigenvalue weighted by molar-refractivity contribution is 5.88. The highest BCUT2D eigenvalue weighted by Gasteiger charge is 2.26. The van der Waals surface area contributed by atoms with Gasteiger partial charge in [-0.2, -0.15) is 0 Å². The Kier molecular flexibility index (Phi) is 3.62. The van der Waals surface area contributed by atoms with Crippen LogP contribution in [0.4, 0.5) is 0 Å². The average Bonchev–Trinajstić information content (AvgIpc) is 2.97. The van der Waals surface area contributed by atoms with Crippen molar-refractivity contribution < 1.29 is 19.0 Å². The zero-order valence-electron chi connectivity index (χ0n) is 11.9. The van der Waals surface area contributed by atoms with Crippen LogP contribution >= 0.6 is 0 Å². The fourth-order valence-electron chi connectivity index (χ4n) is 2.41. The van der Waals surface area contributed by atoms with E-state index in [0.717, 1.165) is 17.0 Å². The van der Waals surface area contributed by atoms with Crippen LogP contribution in [0, 0.1) is 0 Å². The van der Waals surface area contributed by atoms with Crippen LogP contribution in [0.2, 0.25) is 0 Å². The minimum absolute atomic E-state index is 0.0666. The molecule has 0 spiro atoms. The molecule has 1 aliphatic rings. The number of methoxy groups -OCH3 is 2. The maximum atomic E-state index is 11.6. The van der Waals surface area contributed by atoms with Crippen LogP contribution < -0.4 is 4.74 Å². The van der Waals surface area contributed by atoms with Crippen LogP contribution in [0.3, 0.4) is 0 Å². The van der Waals surface area contributed by atoms with E-state index >= 15 is 0 Å². The molecule has 0 saturated carbocycles. The van der Waals surface area contributed by atoms with Gasteiger partial charge in [0.1, 0.15) is 11.9 Å². The lowest BCUT2D eigenvalue weighted by atomic mass is 10.1. The molecule has 0 radical (unpaired) electrons. The van der Waals surface area contributed by atoms with Crippen LogP contribution in [0.15, 0.2) is 30.6 Å². The maximum Gasteiger partial charge on any atom is 0.358 e. The summed E-state index contributed by atoms with van der Waals surface area (Å²) in [4.78, 5) is 15.7. The van der Waals surface area contributed by atoms with Gasteiger partial charge in [-0.15, -0.1) is 0 Å². The number of aromatic nitrogens is 2.